The monoisotopic (exact) mass is 431 g/mol. The van der Waals surface area contributed by atoms with Crippen LogP contribution < -0.4 is 14.8 Å². The number of piperazine rings is 1. The van der Waals surface area contributed by atoms with Crippen LogP contribution in [0, 0.1) is 0 Å². The molecular weight excluding hydrogens is 402 g/mol. The zero-order valence-electron chi connectivity index (χ0n) is 18.4. The Kier molecular flexibility index (Phi) is 5.97. The van der Waals surface area contributed by atoms with Gasteiger partial charge in [-0.3, -0.25) is 9.69 Å². The minimum Gasteiger partial charge on any atom is -0.454 e. The van der Waals surface area contributed by atoms with E-state index in [2.05, 4.69) is 71.7 Å². The Morgan fingerprint density at radius 2 is 1.72 bits per heavy atom. The van der Waals surface area contributed by atoms with Crippen LogP contribution >= 0.6 is 0 Å². The van der Waals surface area contributed by atoms with Gasteiger partial charge < -0.3 is 19.7 Å². The molecule has 32 heavy (non-hydrogen) atoms. The Bertz CT molecular complexity index is 1110. The summed E-state index contributed by atoms with van der Waals surface area (Å²) >= 11 is 0. The third kappa shape index (κ3) is 4.56. The predicted molar refractivity (Wildman–Crippen MR) is 125 cm³/mol. The van der Waals surface area contributed by atoms with Gasteiger partial charge in [-0.05, 0) is 47.0 Å². The molecule has 5 rings (SSSR count). The van der Waals surface area contributed by atoms with Gasteiger partial charge in [0.2, 0.25) is 12.7 Å². The normalized spacial score (nSPS) is 17.0. The molecule has 1 saturated heterocycles. The van der Waals surface area contributed by atoms with E-state index in [-0.39, 0.29) is 11.9 Å². The van der Waals surface area contributed by atoms with E-state index in [0.717, 1.165) is 44.2 Å². The van der Waals surface area contributed by atoms with Crippen LogP contribution in [0.5, 0.6) is 11.5 Å². The smallest absolute Gasteiger partial charge is 0.236 e. The number of hydrogen-bond donors (Lipinski definition) is 1. The average molecular weight is 432 g/mol. The van der Waals surface area contributed by atoms with E-state index in [9.17, 15) is 4.79 Å². The topological polar surface area (TPSA) is 54.0 Å². The van der Waals surface area contributed by atoms with Crippen LogP contribution in [-0.4, -0.2) is 55.2 Å². The first kappa shape index (κ1) is 20.8. The highest BCUT2D eigenvalue weighted by Crippen LogP contribution is 2.32. The molecular formula is C26H29N3O3. The second kappa shape index (κ2) is 9.18. The Morgan fingerprint density at radius 3 is 2.56 bits per heavy atom. The summed E-state index contributed by atoms with van der Waals surface area (Å²) in [6.07, 6.45) is 0. The number of nitrogens with one attached hydrogen (secondary N) is 1. The number of carbonyl (C=O) groups is 1. The summed E-state index contributed by atoms with van der Waals surface area (Å²) in [5, 5.41) is 5.86. The lowest BCUT2D eigenvalue weighted by atomic mass is 10.0. The number of nitrogens with zero attached hydrogens (tertiary/aromatic N) is 2. The van der Waals surface area contributed by atoms with Crippen LogP contribution in [0.25, 0.3) is 10.8 Å². The molecule has 3 aromatic rings. The summed E-state index contributed by atoms with van der Waals surface area (Å²) in [4.78, 5) is 17.1. The minimum absolute atomic E-state index is 0.121. The molecule has 1 amide bonds. The maximum Gasteiger partial charge on any atom is 0.236 e. The van der Waals surface area contributed by atoms with Crippen LogP contribution in [-0.2, 0) is 11.3 Å². The van der Waals surface area contributed by atoms with E-state index in [4.69, 9.17) is 9.47 Å². The van der Waals surface area contributed by atoms with Gasteiger partial charge in [-0.15, -0.1) is 0 Å². The van der Waals surface area contributed by atoms with E-state index in [1.807, 2.05) is 11.0 Å². The summed E-state index contributed by atoms with van der Waals surface area (Å²) in [7, 11) is 0. The molecule has 0 unspecified atom stereocenters. The first-order valence-electron chi connectivity index (χ1n) is 11.3. The molecule has 3 aromatic carbocycles. The molecule has 0 spiro atoms. The first-order chi connectivity index (χ1) is 15.7. The number of fused-ring (bicyclic) bond motifs is 2. The highest BCUT2D eigenvalue weighted by Gasteiger charge is 2.22. The van der Waals surface area contributed by atoms with Crippen molar-refractivity contribution in [2.24, 2.45) is 0 Å². The van der Waals surface area contributed by atoms with Gasteiger partial charge in [0.15, 0.2) is 11.5 Å². The molecule has 2 aliphatic heterocycles. The lowest BCUT2D eigenvalue weighted by Gasteiger charge is -2.35. The second-order valence-electron chi connectivity index (χ2n) is 8.55. The maximum absolute atomic E-state index is 12.8. The van der Waals surface area contributed by atoms with Crippen molar-refractivity contribution in [1.82, 2.24) is 15.1 Å². The predicted octanol–water partition coefficient (Wildman–Crippen LogP) is 3.56. The number of benzene rings is 3. The van der Waals surface area contributed by atoms with Crippen LogP contribution in [0.3, 0.4) is 0 Å². The van der Waals surface area contributed by atoms with Crippen molar-refractivity contribution in [3.63, 3.8) is 0 Å². The van der Waals surface area contributed by atoms with Crippen molar-refractivity contribution >= 4 is 16.7 Å². The fourth-order valence-electron chi connectivity index (χ4n) is 4.40. The molecule has 0 bridgehead atoms. The van der Waals surface area contributed by atoms with Gasteiger partial charge >= 0.3 is 0 Å². The molecule has 1 fully saturated rings. The molecule has 166 valence electrons. The van der Waals surface area contributed by atoms with Gasteiger partial charge in [0.05, 0.1) is 6.54 Å². The van der Waals surface area contributed by atoms with E-state index >= 15 is 0 Å². The molecule has 2 aliphatic rings. The van der Waals surface area contributed by atoms with E-state index < -0.39 is 0 Å². The van der Waals surface area contributed by atoms with Gasteiger partial charge in [0.1, 0.15) is 0 Å². The van der Waals surface area contributed by atoms with Gasteiger partial charge in [-0.1, -0.05) is 42.5 Å². The van der Waals surface area contributed by atoms with Gasteiger partial charge in [-0.2, -0.15) is 0 Å². The van der Waals surface area contributed by atoms with E-state index in [1.54, 1.807) is 0 Å². The third-order valence-corrected chi connectivity index (χ3v) is 6.40. The molecule has 6 heteroatoms. The molecule has 0 radical (unpaired) electrons. The molecule has 0 aliphatic carbocycles. The molecule has 2 heterocycles. The fourth-order valence-corrected chi connectivity index (χ4v) is 4.40. The molecule has 1 atom stereocenters. The Hall–Kier alpha value is -3.09. The van der Waals surface area contributed by atoms with Crippen LogP contribution in [0.2, 0.25) is 0 Å². The molecule has 0 aromatic heterocycles. The summed E-state index contributed by atoms with van der Waals surface area (Å²) in [6, 6.07) is 21.1. The Morgan fingerprint density at radius 1 is 0.938 bits per heavy atom. The van der Waals surface area contributed by atoms with Crippen molar-refractivity contribution in [1.29, 1.82) is 0 Å². The maximum atomic E-state index is 12.8. The summed E-state index contributed by atoms with van der Waals surface area (Å²) < 4.78 is 10.9. The minimum atomic E-state index is 0.121. The van der Waals surface area contributed by atoms with Crippen LogP contribution in [0.15, 0.2) is 60.7 Å². The number of carbonyl (C=O) groups excluding carboxylic acids is 1. The lowest BCUT2D eigenvalue weighted by Crippen LogP contribution is -2.50. The van der Waals surface area contributed by atoms with E-state index in [1.165, 1.54) is 21.9 Å². The van der Waals surface area contributed by atoms with Crippen LogP contribution in [0.1, 0.15) is 24.1 Å². The third-order valence-electron chi connectivity index (χ3n) is 6.40. The van der Waals surface area contributed by atoms with Crippen molar-refractivity contribution in [3.8, 4) is 11.5 Å². The van der Waals surface area contributed by atoms with Crippen molar-refractivity contribution < 1.29 is 14.3 Å². The average Bonchev–Trinajstić information content (AvgIpc) is 3.30. The zero-order valence-corrected chi connectivity index (χ0v) is 18.4. The Labute approximate surface area is 188 Å². The molecule has 0 saturated carbocycles. The number of hydrogen-bond acceptors (Lipinski definition) is 5. The standard InChI is InChI=1S/C26H29N3O3/c1-19(22-8-7-21-4-2-3-5-23(21)15-22)27-16-26(30)29-12-10-28(11-13-29)17-20-6-9-24-25(14-20)32-18-31-24/h2-9,14-15,19,27H,10-13,16-18H2,1H3/t19-/m0/s1. The molecule has 6 nitrogen and oxygen atoms in total. The fraction of sp³-hybridized carbons (Fsp3) is 0.346. The first-order valence-corrected chi connectivity index (χ1v) is 11.3. The quantitative estimate of drug-likeness (QED) is 0.647. The largest absolute Gasteiger partial charge is 0.454 e. The van der Waals surface area contributed by atoms with Crippen molar-refractivity contribution in [3.05, 3.63) is 71.8 Å². The summed E-state index contributed by atoms with van der Waals surface area (Å²) in [5.74, 6) is 1.80. The lowest BCUT2D eigenvalue weighted by molar-refractivity contribution is -0.132. The van der Waals surface area contributed by atoms with E-state index in [0.29, 0.717) is 13.3 Å². The van der Waals surface area contributed by atoms with Crippen molar-refractivity contribution in [2.45, 2.75) is 19.5 Å². The Balaban J connectivity index is 1.09. The highest BCUT2D eigenvalue weighted by atomic mass is 16.7. The van der Waals surface area contributed by atoms with Gasteiger partial charge in [0.25, 0.3) is 0 Å². The van der Waals surface area contributed by atoms with Gasteiger partial charge in [0, 0.05) is 38.8 Å². The highest BCUT2D eigenvalue weighted by molar-refractivity contribution is 5.83. The van der Waals surface area contributed by atoms with Gasteiger partial charge in [-0.25, -0.2) is 0 Å². The van der Waals surface area contributed by atoms with Crippen molar-refractivity contribution in [2.75, 3.05) is 39.5 Å². The number of amides is 1. The number of ether oxygens (including phenoxy) is 2. The van der Waals surface area contributed by atoms with Crippen LogP contribution in [0.4, 0.5) is 0 Å². The zero-order chi connectivity index (χ0) is 21.9. The molecule has 1 N–H and O–H groups in total. The summed E-state index contributed by atoms with van der Waals surface area (Å²) in [5.41, 5.74) is 2.41. The second-order valence-corrected chi connectivity index (χ2v) is 8.55. The number of rotatable bonds is 6. The SMILES string of the molecule is C[C@H](NCC(=O)N1CCN(Cc2ccc3c(c2)OCO3)CC1)c1ccc2ccccc2c1. The summed E-state index contributed by atoms with van der Waals surface area (Å²) in [6.45, 7) is 6.89.